The van der Waals surface area contributed by atoms with E-state index in [0.29, 0.717) is 16.8 Å². The molecule has 1 aromatic carbocycles. The summed E-state index contributed by atoms with van der Waals surface area (Å²) >= 11 is 0. The highest BCUT2D eigenvalue weighted by Crippen LogP contribution is 2.40. The molecule has 3 aromatic rings. The maximum Gasteiger partial charge on any atom is 0.269 e. The zero-order chi connectivity index (χ0) is 20.1. The van der Waals surface area contributed by atoms with E-state index in [9.17, 15) is 13.2 Å². The predicted molar refractivity (Wildman–Crippen MR) is 106 cm³/mol. The Bertz CT molecular complexity index is 1170. The Morgan fingerprint density at radius 1 is 1.21 bits per heavy atom. The third kappa shape index (κ3) is 2.58. The summed E-state index contributed by atoms with van der Waals surface area (Å²) in [6, 6.07) is 9.87. The third-order valence-electron chi connectivity index (χ3n) is 4.93. The standard InChI is InChI=1S/C19H20N4O4S/c1-19(12-27-3)18(24)22(2)15-11-20-17-14(16(15)21-19)9-10-23(17)28(25,26)13-7-5-4-6-8-13/h4-11,21H,12H2,1-3H3. The molecular formula is C19H20N4O4S. The van der Waals surface area contributed by atoms with Crippen LogP contribution in [0.25, 0.3) is 11.0 Å². The summed E-state index contributed by atoms with van der Waals surface area (Å²) in [5.74, 6) is -0.153. The van der Waals surface area contributed by atoms with Crippen molar-refractivity contribution in [3.63, 3.8) is 0 Å². The monoisotopic (exact) mass is 400 g/mol. The van der Waals surface area contributed by atoms with E-state index in [1.165, 1.54) is 24.4 Å². The summed E-state index contributed by atoms with van der Waals surface area (Å²) in [6.07, 6.45) is 2.98. The smallest absolute Gasteiger partial charge is 0.269 e. The molecule has 0 saturated carbocycles. The molecular weight excluding hydrogens is 380 g/mol. The van der Waals surface area contributed by atoms with Crippen LogP contribution < -0.4 is 10.2 Å². The molecule has 1 N–H and O–H groups in total. The van der Waals surface area contributed by atoms with Crippen molar-refractivity contribution in [1.29, 1.82) is 0 Å². The first kappa shape index (κ1) is 18.5. The van der Waals surface area contributed by atoms with Crippen LogP contribution in [0.5, 0.6) is 0 Å². The van der Waals surface area contributed by atoms with Crippen LogP contribution in [-0.2, 0) is 19.6 Å². The maximum atomic E-state index is 13.0. The number of carbonyl (C=O) groups excluding carboxylic acids is 1. The van der Waals surface area contributed by atoms with Gasteiger partial charge in [-0.05, 0) is 25.1 Å². The Balaban J connectivity index is 1.90. The highest BCUT2D eigenvalue weighted by molar-refractivity contribution is 7.90. The molecule has 1 amide bonds. The molecule has 0 spiro atoms. The fourth-order valence-electron chi connectivity index (χ4n) is 3.53. The van der Waals surface area contributed by atoms with E-state index in [0.717, 1.165) is 3.97 Å². The lowest BCUT2D eigenvalue weighted by Crippen LogP contribution is -2.57. The van der Waals surface area contributed by atoms with E-state index >= 15 is 0 Å². The van der Waals surface area contributed by atoms with Gasteiger partial charge in [0.05, 0.1) is 29.1 Å². The third-order valence-corrected chi connectivity index (χ3v) is 6.61. The summed E-state index contributed by atoms with van der Waals surface area (Å²) in [6.45, 7) is 1.92. The minimum absolute atomic E-state index is 0.153. The van der Waals surface area contributed by atoms with Gasteiger partial charge in [-0.1, -0.05) is 18.2 Å². The maximum absolute atomic E-state index is 13.0. The minimum Gasteiger partial charge on any atom is -0.382 e. The zero-order valence-corrected chi connectivity index (χ0v) is 16.5. The number of nitrogens with one attached hydrogen (secondary N) is 1. The topological polar surface area (TPSA) is 93.5 Å². The number of aromatic nitrogens is 2. The van der Waals surface area contributed by atoms with Gasteiger partial charge in [-0.25, -0.2) is 17.4 Å². The number of methoxy groups -OCH3 is 1. The van der Waals surface area contributed by atoms with Gasteiger partial charge in [0.2, 0.25) is 0 Å². The average Bonchev–Trinajstić information content (AvgIpc) is 3.13. The summed E-state index contributed by atoms with van der Waals surface area (Å²) in [4.78, 5) is 18.8. The van der Waals surface area contributed by atoms with Crippen molar-refractivity contribution in [2.75, 3.05) is 31.0 Å². The van der Waals surface area contributed by atoms with Gasteiger partial charge in [-0.2, -0.15) is 0 Å². The molecule has 0 saturated heterocycles. The number of nitrogens with zero attached hydrogens (tertiary/aromatic N) is 3. The van der Waals surface area contributed by atoms with Gasteiger partial charge in [-0.3, -0.25) is 4.79 Å². The average molecular weight is 400 g/mol. The van der Waals surface area contributed by atoms with Crippen LogP contribution in [0, 0.1) is 0 Å². The van der Waals surface area contributed by atoms with Crippen molar-refractivity contribution in [1.82, 2.24) is 8.96 Å². The molecule has 8 nitrogen and oxygen atoms in total. The van der Waals surface area contributed by atoms with Gasteiger partial charge in [0, 0.05) is 25.7 Å². The molecule has 3 heterocycles. The molecule has 0 fully saturated rings. The highest BCUT2D eigenvalue weighted by atomic mass is 32.2. The van der Waals surface area contributed by atoms with Crippen LogP contribution >= 0.6 is 0 Å². The van der Waals surface area contributed by atoms with Crippen LogP contribution in [0.1, 0.15) is 6.92 Å². The predicted octanol–water partition coefficient (Wildman–Crippen LogP) is 2.07. The summed E-state index contributed by atoms with van der Waals surface area (Å²) in [5, 5.41) is 3.85. The van der Waals surface area contributed by atoms with Gasteiger partial charge in [0.1, 0.15) is 5.54 Å². The molecule has 4 rings (SSSR count). The van der Waals surface area contributed by atoms with E-state index < -0.39 is 15.6 Å². The molecule has 0 bridgehead atoms. The van der Waals surface area contributed by atoms with Crippen molar-refractivity contribution >= 4 is 38.3 Å². The molecule has 0 radical (unpaired) electrons. The first-order valence-corrected chi connectivity index (χ1v) is 10.1. The lowest BCUT2D eigenvalue weighted by Gasteiger charge is -2.39. The van der Waals surface area contributed by atoms with Crippen molar-refractivity contribution in [2.24, 2.45) is 0 Å². The number of carbonyl (C=O) groups is 1. The van der Waals surface area contributed by atoms with Gasteiger partial charge < -0.3 is 15.0 Å². The lowest BCUT2D eigenvalue weighted by atomic mass is 9.97. The number of amides is 1. The second-order valence-corrected chi connectivity index (χ2v) is 8.75. The van der Waals surface area contributed by atoms with Gasteiger partial charge in [0.25, 0.3) is 15.9 Å². The van der Waals surface area contributed by atoms with Crippen molar-refractivity contribution in [3.8, 4) is 0 Å². The van der Waals surface area contributed by atoms with Gasteiger partial charge in [0.15, 0.2) is 5.65 Å². The van der Waals surface area contributed by atoms with Crippen molar-refractivity contribution in [3.05, 3.63) is 48.8 Å². The molecule has 1 unspecified atom stereocenters. The minimum atomic E-state index is -3.79. The van der Waals surface area contributed by atoms with E-state index in [1.54, 1.807) is 50.4 Å². The molecule has 0 aliphatic carbocycles. The Morgan fingerprint density at radius 3 is 2.61 bits per heavy atom. The SMILES string of the molecule is COCC1(C)Nc2c(cnc3c2ccn3S(=O)(=O)c2ccccc2)N(C)C1=O. The number of anilines is 2. The van der Waals surface area contributed by atoms with E-state index in [4.69, 9.17) is 4.74 Å². The number of hydrogen-bond donors (Lipinski definition) is 1. The molecule has 1 aliphatic heterocycles. The normalized spacial score (nSPS) is 19.5. The number of fused-ring (bicyclic) bond motifs is 3. The van der Waals surface area contributed by atoms with E-state index in [1.807, 2.05) is 0 Å². The van der Waals surface area contributed by atoms with E-state index in [-0.39, 0.29) is 23.1 Å². The quantitative estimate of drug-likeness (QED) is 0.721. The van der Waals surface area contributed by atoms with Crippen LogP contribution in [0.3, 0.4) is 0 Å². The summed E-state index contributed by atoms with van der Waals surface area (Å²) < 4.78 is 32.5. The fourth-order valence-corrected chi connectivity index (χ4v) is 4.86. The van der Waals surface area contributed by atoms with Crippen LogP contribution in [0.15, 0.2) is 53.7 Å². The number of hydrogen-bond acceptors (Lipinski definition) is 6. The number of rotatable bonds is 4. The Hall–Kier alpha value is -2.91. The molecule has 2 aromatic heterocycles. The molecule has 9 heteroatoms. The Labute approximate surface area is 162 Å². The second-order valence-electron chi connectivity index (χ2n) is 6.94. The van der Waals surface area contributed by atoms with Gasteiger partial charge in [-0.15, -0.1) is 0 Å². The van der Waals surface area contributed by atoms with Gasteiger partial charge >= 0.3 is 0 Å². The number of likely N-dealkylation sites (N-methyl/N-ethyl adjacent to an activating group) is 1. The number of pyridine rings is 1. The first-order valence-electron chi connectivity index (χ1n) is 8.65. The molecule has 1 aliphatic rings. The molecule has 1 atom stereocenters. The van der Waals surface area contributed by atoms with Crippen LogP contribution in [0.4, 0.5) is 11.4 Å². The molecule has 146 valence electrons. The first-order chi connectivity index (χ1) is 13.3. The lowest BCUT2D eigenvalue weighted by molar-refractivity contribution is -0.124. The molecule has 28 heavy (non-hydrogen) atoms. The summed E-state index contributed by atoms with van der Waals surface area (Å²) in [5.41, 5.74) is 0.553. The van der Waals surface area contributed by atoms with Crippen LogP contribution in [-0.4, -0.2) is 49.6 Å². The van der Waals surface area contributed by atoms with Crippen molar-refractivity contribution < 1.29 is 17.9 Å². The number of benzene rings is 1. The highest BCUT2D eigenvalue weighted by Gasteiger charge is 2.42. The zero-order valence-electron chi connectivity index (χ0n) is 15.7. The number of ether oxygens (including phenoxy) is 1. The van der Waals surface area contributed by atoms with Crippen molar-refractivity contribution in [2.45, 2.75) is 17.4 Å². The summed E-state index contributed by atoms with van der Waals surface area (Å²) in [7, 11) is -0.595. The van der Waals surface area contributed by atoms with Crippen LogP contribution in [0.2, 0.25) is 0 Å². The fraction of sp³-hybridized carbons (Fsp3) is 0.263. The Kier molecular flexibility index (Phi) is 4.16. The van der Waals surface area contributed by atoms with E-state index in [2.05, 4.69) is 10.3 Å². The Morgan fingerprint density at radius 2 is 1.93 bits per heavy atom. The largest absolute Gasteiger partial charge is 0.382 e. The second kappa shape index (κ2) is 6.32.